The summed E-state index contributed by atoms with van der Waals surface area (Å²) in [6, 6.07) is 13.2. The minimum atomic E-state index is -0.355. The number of aryl methyl sites for hydroxylation is 1. The summed E-state index contributed by atoms with van der Waals surface area (Å²) >= 11 is 15.8. The zero-order chi connectivity index (χ0) is 15.5. The Morgan fingerprint density at radius 1 is 1.10 bits per heavy atom. The summed E-state index contributed by atoms with van der Waals surface area (Å²) in [5.41, 5.74) is 2.97. The van der Waals surface area contributed by atoms with Gasteiger partial charge in [0.15, 0.2) is 0 Å². The highest BCUT2D eigenvalue weighted by atomic mass is 79.9. The average Bonchev–Trinajstić information content (AvgIpc) is 2.49. The minimum absolute atomic E-state index is 0.267. The van der Waals surface area contributed by atoms with Crippen LogP contribution in [0.5, 0.6) is 0 Å². The Hall–Kier alpha value is -0.570. The predicted molar refractivity (Wildman–Crippen MR) is 92.1 cm³/mol. The summed E-state index contributed by atoms with van der Waals surface area (Å²) in [6.45, 7) is 2.06. The lowest BCUT2D eigenvalue weighted by Gasteiger charge is -2.32. The van der Waals surface area contributed by atoms with Crippen LogP contribution in [0.3, 0.4) is 0 Å². The molecule has 0 unspecified atom stereocenters. The van der Waals surface area contributed by atoms with Crippen LogP contribution in [0.1, 0.15) is 16.7 Å². The summed E-state index contributed by atoms with van der Waals surface area (Å²) in [5.74, 6) is 0.559. The molecule has 2 aromatic carbocycles. The number of hydrogen-bond acceptors (Lipinski definition) is 0. The Morgan fingerprint density at radius 2 is 1.76 bits per heavy atom. The molecule has 0 aliphatic rings. The van der Waals surface area contributed by atoms with Crippen LogP contribution in [0.15, 0.2) is 46.9 Å². The van der Waals surface area contributed by atoms with Crippen LogP contribution in [0.4, 0.5) is 4.39 Å². The summed E-state index contributed by atoms with van der Waals surface area (Å²) < 4.78 is 13.8. The van der Waals surface area contributed by atoms with E-state index in [9.17, 15) is 4.39 Å². The molecule has 0 heterocycles. The maximum Gasteiger partial charge on any atom is 0.137 e. The summed E-state index contributed by atoms with van der Waals surface area (Å²) in [4.78, 5) is 0. The van der Waals surface area contributed by atoms with E-state index in [0.29, 0.717) is 22.7 Å². The van der Waals surface area contributed by atoms with Crippen LogP contribution in [0, 0.1) is 12.7 Å². The highest BCUT2D eigenvalue weighted by Crippen LogP contribution is 2.34. The van der Waals surface area contributed by atoms with Crippen LogP contribution in [0.25, 0.3) is 0 Å². The standard InChI is InChI=1S/C17H16BrCl2F/c1-12-4-2-3-5-14(12)17(10-19,11-20)9-13-6-7-16(21)15(18)8-13/h2-8H,9-11H2,1H3. The first-order chi connectivity index (χ1) is 10.0. The van der Waals surface area contributed by atoms with Gasteiger partial charge in [-0.05, 0) is 58.1 Å². The fourth-order valence-electron chi connectivity index (χ4n) is 2.58. The van der Waals surface area contributed by atoms with Crippen molar-refractivity contribution >= 4 is 39.1 Å². The smallest absolute Gasteiger partial charge is 0.137 e. The van der Waals surface area contributed by atoms with Crippen LogP contribution in [-0.2, 0) is 11.8 Å². The van der Waals surface area contributed by atoms with Crippen molar-refractivity contribution in [3.05, 3.63) is 69.4 Å². The molecule has 0 aliphatic heterocycles. The Labute approximate surface area is 143 Å². The molecule has 0 saturated carbocycles. The molecule has 2 aromatic rings. The van der Waals surface area contributed by atoms with E-state index in [-0.39, 0.29) is 11.2 Å². The van der Waals surface area contributed by atoms with E-state index in [0.717, 1.165) is 11.1 Å². The van der Waals surface area contributed by atoms with Crippen LogP contribution < -0.4 is 0 Å². The van der Waals surface area contributed by atoms with E-state index in [2.05, 4.69) is 35.0 Å². The molecule has 0 saturated heterocycles. The van der Waals surface area contributed by atoms with Crippen molar-refractivity contribution in [2.45, 2.75) is 18.8 Å². The van der Waals surface area contributed by atoms with E-state index in [1.165, 1.54) is 11.6 Å². The molecule has 0 N–H and O–H groups in total. The topological polar surface area (TPSA) is 0 Å². The van der Waals surface area contributed by atoms with Crippen molar-refractivity contribution in [2.75, 3.05) is 11.8 Å². The molecule has 0 atom stereocenters. The second-order valence-electron chi connectivity index (χ2n) is 5.29. The predicted octanol–water partition coefficient (Wildman–Crippen LogP) is 5.85. The van der Waals surface area contributed by atoms with E-state index in [1.807, 2.05) is 12.1 Å². The number of hydrogen-bond donors (Lipinski definition) is 0. The van der Waals surface area contributed by atoms with E-state index >= 15 is 0 Å². The van der Waals surface area contributed by atoms with Gasteiger partial charge in [0, 0.05) is 17.2 Å². The Morgan fingerprint density at radius 3 is 2.33 bits per heavy atom. The van der Waals surface area contributed by atoms with E-state index < -0.39 is 0 Å². The van der Waals surface area contributed by atoms with Crippen molar-refractivity contribution in [1.82, 2.24) is 0 Å². The summed E-state index contributed by atoms with van der Waals surface area (Å²) in [6.07, 6.45) is 0.670. The van der Waals surface area contributed by atoms with E-state index in [4.69, 9.17) is 23.2 Å². The monoisotopic (exact) mass is 388 g/mol. The second-order valence-corrected chi connectivity index (χ2v) is 6.68. The molecule has 112 valence electrons. The quantitative estimate of drug-likeness (QED) is 0.562. The highest BCUT2D eigenvalue weighted by Gasteiger charge is 2.32. The number of rotatable bonds is 5. The van der Waals surface area contributed by atoms with Gasteiger partial charge in [0.25, 0.3) is 0 Å². The summed E-state index contributed by atoms with van der Waals surface area (Å²) in [7, 11) is 0. The first-order valence-corrected chi connectivity index (χ1v) is 8.50. The fourth-order valence-corrected chi connectivity index (χ4v) is 3.77. The average molecular weight is 390 g/mol. The van der Waals surface area contributed by atoms with Crippen molar-refractivity contribution in [3.8, 4) is 0 Å². The normalized spacial score (nSPS) is 11.7. The zero-order valence-corrected chi connectivity index (χ0v) is 14.8. The molecule has 2 rings (SSSR count). The van der Waals surface area contributed by atoms with Crippen molar-refractivity contribution in [2.24, 2.45) is 0 Å². The van der Waals surface area contributed by atoms with Gasteiger partial charge in [-0.1, -0.05) is 30.3 Å². The van der Waals surface area contributed by atoms with Gasteiger partial charge < -0.3 is 0 Å². The second kappa shape index (κ2) is 7.13. The third-order valence-electron chi connectivity index (χ3n) is 3.75. The Balaban J connectivity index is 2.43. The molecular formula is C17H16BrCl2F. The third-order valence-corrected chi connectivity index (χ3v) is 5.39. The van der Waals surface area contributed by atoms with Gasteiger partial charge in [0.2, 0.25) is 0 Å². The molecule has 0 fully saturated rings. The van der Waals surface area contributed by atoms with Gasteiger partial charge in [-0.3, -0.25) is 0 Å². The number of alkyl halides is 2. The molecular weight excluding hydrogens is 374 g/mol. The SMILES string of the molecule is Cc1ccccc1C(CCl)(CCl)Cc1ccc(F)c(Br)c1. The van der Waals surface area contributed by atoms with Crippen LogP contribution >= 0.6 is 39.1 Å². The Kier molecular flexibility index (Phi) is 5.70. The minimum Gasteiger partial charge on any atom is -0.206 e. The van der Waals surface area contributed by atoms with Gasteiger partial charge in [-0.15, -0.1) is 23.2 Å². The lowest BCUT2D eigenvalue weighted by Crippen LogP contribution is -2.34. The lowest BCUT2D eigenvalue weighted by molar-refractivity contribution is 0.531. The van der Waals surface area contributed by atoms with Crippen molar-refractivity contribution in [3.63, 3.8) is 0 Å². The molecule has 4 heteroatoms. The maximum atomic E-state index is 13.4. The lowest BCUT2D eigenvalue weighted by atomic mass is 9.77. The fraction of sp³-hybridized carbons (Fsp3) is 0.294. The summed E-state index contributed by atoms with van der Waals surface area (Å²) in [5, 5.41) is 0. The first-order valence-electron chi connectivity index (χ1n) is 6.64. The maximum absolute atomic E-state index is 13.4. The molecule has 0 spiro atoms. The van der Waals surface area contributed by atoms with Gasteiger partial charge in [0.1, 0.15) is 5.82 Å². The highest BCUT2D eigenvalue weighted by molar-refractivity contribution is 9.10. The van der Waals surface area contributed by atoms with Gasteiger partial charge >= 0.3 is 0 Å². The zero-order valence-electron chi connectivity index (χ0n) is 11.7. The number of halogens is 4. The molecule has 21 heavy (non-hydrogen) atoms. The van der Waals surface area contributed by atoms with Gasteiger partial charge in [-0.25, -0.2) is 4.39 Å². The molecule has 0 nitrogen and oxygen atoms in total. The largest absolute Gasteiger partial charge is 0.206 e. The molecule has 0 aromatic heterocycles. The molecule has 0 bridgehead atoms. The third kappa shape index (κ3) is 3.61. The van der Waals surface area contributed by atoms with Crippen LogP contribution in [-0.4, -0.2) is 11.8 Å². The van der Waals surface area contributed by atoms with Crippen molar-refractivity contribution in [1.29, 1.82) is 0 Å². The number of benzene rings is 2. The molecule has 0 amide bonds. The molecule has 0 radical (unpaired) electrons. The van der Waals surface area contributed by atoms with Gasteiger partial charge in [-0.2, -0.15) is 0 Å². The van der Waals surface area contributed by atoms with Crippen molar-refractivity contribution < 1.29 is 4.39 Å². The van der Waals surface area contributed by atoms with Gasteiger partial charge in [0.05, 0.1) is 4.47 Å². The van der Waals surface area contributed by atoms with Crippen LogP contribution in [0.2, 0.25) is 0 Å². The van der Waals surface area contributed by atoms with E-state index in [1.54, 1.807) is 12.1 Å². The first kappa shape index (κ1) is 16.8. The Bertz CT molecular complexity index is 624. The molecule has 0 aliphatic carbocycles.